The van der Waals surface area contributed by atoms with Crippen LogP contribution in [0.2, 0.25) is 0 Å². The average Bonchev–Trinajstić information content (AvgIpc) is 2.28. The molecule has 1 aromatic heterocycles. The monoisotopic (exact) mass is 208 g/mol. The van der Waals surface area contributed by atoms with Crippen molar-refractivity contribution in [3.05, 3.63) is 29.6 Å². The van der Waals surface area contributed by atoms with Crippen molar-refractivity contribution >= 4 is 5.91 Å². The van der Waals surface area contributed by atoms with Crippen molar-refractivity contribution < 1.29 is 9.90 Å². The zero-order valence-corrected chi connectivity index (χ0v) is 9.10. The normalized spacial score (nSPS) is 10.1. The summed E-state index contributed by atoms with van der Waals surface area (Å²) in [5.41, 5.74) is 1.13. The Bertz CT molecular complexity index is 322. The van der Waals surface area contributed by atoms with E-state index < -0.39 is 0 Å². The molecule has 0 bridgehead atoms. The lowest BCUT2D eigenvalue weighted by Gasteiger charge is -2.15. The lowest BCUT2D eigenvalue weighted by Crippen LogP contribution is -2.28. The Morgan fingerprint density at radius 1 is 1.53 bits per heavy atom. The van der Waals surface area contributed by atoms with Crippen LogP contribution < -0.4 is 0 Å². The zero-order valence-electron chi connectivity index (χ0n) is 9.10. The molecule has 4 nitrogen and oxygen atoms in total. The maximum atomic E-state index is 11.7. The largest absolute Gasteiger partial charge is 0.392 e. The molecule has 0 atom stereocenters. The van der Waals surface area contributed by atoms with Gasteiger partial charge in [0.05, 0.1) is 6.61 Å². The van der Waals surface area contributed by atoms with E-state index in [0.29, 0.717) is 11.3 Å². The molecule has 0 saturated carbocycles. The van der Waals surface area contributed by atoms with Crippen LogP contribution in [0.3, 0.4) is 0 Å². The van der Waals surface area contributed by atoms with Crippen molar-refractivity contribution in [1.82, 2.24) is 9.88 Å². The molecule has 1 N–H and O–H groups in total. The minimum Gasteiger partial charge on any atom is -0.392 e. The third kappa shape index (κ3) is 3.02. The lowest BCUT2D eigenvalue weighted by molar-refractivity contribution is 0.0789. The van der Waals surface area contributed by atoms with Crippen LogP contribution in [0.25, 0.3) is 0 Å². The Morgan fingerprint density at radius 2 is 2.27 bits per heavy atom. The fraction of sp³-hybridized carbons (Fsp3) is 0.455. The molecule has 0 fully saturated rings. The third-order valence-electron chi connectivity index (χ3n) is 2.13. The minimum atomic E-state index is -0.0821. The summed E-state index contributed by atoms with van der Waals surface area (Å²) in [5.74, 6) is -0.0821. The molecule has 1 aromatic rings. The number of pyridine rings is 1. The van der Waals surface area contributed by atoms with Gasteiger partial charge in [0.1, 0.15) is 5.69 Å². The van der Waals surface area contributed by atoms with Crippen LogP contribution in [0.1, 0.15) is 29.4 Å². The molecule has 0 aliphatic rings. The Hall–Kier alpha value is -1.42. The number of aromatic nitrogens is 1. The highest BCUT2D eigenvalue weighted by atomic mass is 16.3. The Morgan fingerprint density at radius 3 is 2.73 bits per heavy atom. The van der Waals surface area contributed by atoms with E-state index in [1.807, 2.05) is 6.92 Å². The maximum Gasteiger partial charge on any atom is 0.272 e. The minimum absolute atomic E-state index is 0.0493. The standard InChI is InChI=1S/C11H16N2O2/c1-3-6-13(2)11(15)10-5-4-9(8-14)7-12-10/h4-5,7,14H,3,6,8H2,1-2H3. The van der Waals surface area contributed by atoms with E-state index >= 15 is 0 Å². The molecule has 1 heterocycles. The van der Waals surface area contributed by atoms with Crippen LogP contribution >= 0.6 is 0 Å². The molecule has 0 aromatic carbocycles. The molecule has 0 spiro atoms. The molecule has 0 aliphatic heterocycles. The summed E-state index contributed by atoms with van der Waals surface area (Å²) in [7, 11) is 1.76. The summed E-state index contributed by atoms with van der Waals surface area (Å²) in [5, 5.41) is 8.83. The molecule has 1 rings (SSSR count). The van der Waals surface area contributed by atoms with Crippen LogP contribution in [0.15, 0.2) is 18.3 Å². The van der Waals surface area contributed by atoms with Crippen molar-refractivity contribution in [2.45, 2.75) is 20.0 Å². The van der Waals surface area contributed by atoms with Gasteiger partial charge in [0.25, 0.3) is 5.91 Å². The van der Waals surface area contributed by atoms with Crippen molar-refractivity contribution in [3.63, 3.8) is 0 Å². The summed E-state index contributed by atoms with van der Waals surface area (Å²) in [4.78, 5) is 17.4. The second-order valence-corrected chi connectivity index (χ2v) is 3.44. The summed E-state index contributed by atoms with van der Waals surface area (Å²) >= 11 is 0. The lowest BCUT2D eigenvalue weighted by atomic mass is 10.2. The number of aliphatic hydroxyl groups is 1. The van der Waals surface area contributed by atoms with Crippen molar-refractivity contribution in [2.24, 2.45) is 0 Å². The number of rotatable bonds is 4. The van der Waals surface area contributed by atoms with Crippen molar-refractivity contribution in [3.8, 4) is 0 Å². The predicted molar refractivity (Wildman–Crippen MR) is 57.4 cm³/mol. The van der Waals surface area contributed by atoms with E-state index in [1.165, 1.54) is 6.20 Å². The number of hydrogen-bond donors (Lipinski definition) is 1. The van der Waals surface area contributed by atoms with Gasteiger partial charge in [-0.05, 0) is 18.1 Å². The van der Waals surface area contributed by atoms with Gasteiger partial charge >= 0.3 is 0 Å². The Kier molecular flexibility index (Phi) is 4.24. The van der Waals surface area contributed by atoms with E-state index in [2.05, 4.69) is 4.98 Å². The van der Waals surface area contributed by atoms with Crippen LogP contribution in [0, 0.1) is 0 Å². The average molecular weight is 208 g/mol. The van der Waals surface area contributed by atoms with Crippen molar-refractivity contribution in [1.29, 1.82) is 0 Å². The highest BCUT2D eigenvalue weighted by Gasteiger charge is 2.11. The van der Waals surface area contributed by atoms with Gasteiger partial charge in [0.15, 0.2) is 0 Å². The van der Waals surface area contributed by atoms with Gasteiger partial charge in [-0.2, -0.15) is 0 Å². The van der Waals surface area contributed by atoms with Gasteiger partial charge in [-0.1, -0.05) is 13.0 Å². The van der Waals surface area contributed by atoms with E-state index in [4.69, 9.17) is 5.11 Å². The summed E-state index contributed by atoms with van der Waals surface area (Å²) in [6, 6.07) is 3.35. The second-order valence-electron chi connectivity index (χ2n) is 3.44. The molecule has 0 aliphatic carbocycles. The molecular formula is C11H16N2O2. The topological polar surface area (TPSA) is 53.4 Å². The van der Waals surface area contributed by atoms with Crippen LogP contribution in [-0.2, 0) is 6.61 Å². The summed E-state index contributed by atoms with van der Waals surface area (Å²) in [6.45, 7) is 2.70. The number of amides is 1. The van der Waals surface area contributed by atoms with Gasteiger partial charge in [0.2, 0.25) is 0 Å². The first kappa shape index (κ1) is 11.7. The van der Waals surface area contributed by atoms with Gasteiger partial charge in [0, 0.05) is 19.8 Å². The summed E-state index contributed by atoms with van der Waals surface area (Å²) in [6.07, 6.45) is 2.45. The molecule has 0 unspecified atom stereocenters. The van der Waals surface area contributed by atoms with Gasteiger partial charge in [-0.3, -0.25) is 9.78 Å². The number of nitrogens with zero attached hydrogens (tertiary/aromatic N) is 2. The molecular weight excluding hydrogens is 192 g/mol. The second kappa shape index (κ2) is 5.46. The SMILES string of the molecule is CCCN(C)C(=O)c1ccc(CO)cn1. The fourth-order valence-electron chi connectivity index (χ4n) is 1.28. The number of carbonyl (C=O) groups is 1. The smallest absolute Gasteiger partial charge is 0.272 e. The van der Waals surface area contributed by atoms with Gasteiger partial charge in [-0.25, -0.2) is 0 Å². The van der Waals surface area contributed by atoms with Crippen molar-refractivity contribution in [2.75, 3.05) is 13.6 Å². The fourth-order valence-corrected chi connectivity index (χ4v) is 1.28. The first-order chi connectivity index (χ1) is 7.19. The first-order valence-corrected chi connectivity index (χ1v) is 5.00. The van der Waals surface area contributed by atoms with E-state index in [-0.39, 0.29) is 12.5 Å². The Labute approximate surface area is 89.6 Å². The highest BCUT2D eigenvalue weighted by Crippen LogP contribution is 2.03. The predicted octanol–water partition coefficient (Wildman–Crippen LogP) is 1.06. The third-order valence-corrected chi connectivity index (χ3v) is 2.13. The highest BCUT2D eigenvalue weighted by molar-refractivity contribution is 5.92. The molecule has 0 radical (unpaired) electrons. The maximum absolute atomic E-state index is 11.7. The van der Waals surface area contributed by atoms with Gasteiger partial charge in [-0.15, -0.1) is 0 Å². The summed E-state index contributed by atoms with van der Waals surface area (Å²) < 4.78 is 0. The molecule has 0 saturated heterocycles. The van der Waals surface area contributed by atoms with Crippen LogP contribution in [-0.4, -0.2) is 34.5 Å². The van der Waals surface area contributed by atoms with Gasteiger partial charge < -0.3 is 10.0 Å². The number of aliphatic hydroxyl groups excluding tert-OH is 1. The molecule has 82 valence electrons. The first-order valence-electron chi connectivity index (χ1n) is 5.00. The Balaban J connectivity index is 2.73. The number of carbonyl (C=O) groups excluding carboxylic acids is 1. The number of hydrogen-bond acceptors (Lipinski definition) is 3. The van der Waals surface area contributed by atoms with E-state index in [1.54, 1.807) is 24.1 Å². The molecule has 1 amide bonds. The quantitative estimate of drug-likeness (QED) is 0.804. The zero-order chi connectivity index (χ0) is 11.3. The van der Waals surface area contributed by atoms with E-state index in [0.717, 1.165) is 13.0 Å². The van der Waals surface area contributed by atoms with E-state index in [9.17, 15) is 4.79 Å². The molecule has 15 heavy (non-hydrogen) atoms. The molecule has 4 heteroatoms. The van der Waals surface area contributed by atoms with Crippen LogP contribution in [0.4, 0.5) is 0 Å². The van der Waals surface area contributed by atoms with Crippen LogP contribution in [0.5, 0.6) is 0 Å².